The van der Waals surface area contributed by atoms with Crippen LogP contribution in [0.3, 0.4) is 0 Å². The van der Waals surface area contributed by atoms with Crippen LogP contribution >= 0.6 is 11.3 Å². The summed E-state index contributed by atoms with van der Waals surface area (Å²) in [6.07, 6.45) is 3.52. The highest BCUT2D eigenvalue weighted by atomic mass is 32.1. The second-order valence-electron chi connectivity index (χ2n) is 8.22. The van der Waals surface area contributed by atoms with E-state index in [1.807, 2.05) is 38.1 Å². The molecular formula is C23H35N7OS. The summed E-state index contributed by atoms with van der Waals surface area (Å²) in [5.74, 6) is 0.837. The molecule has 0 aliphatic carbocycles. The molecule has 4 N–H and O–H groups in total. The van der Waals surface area contributed by atoms with Crippen molar-refractivity contribution in [3.63, 3.8) is 0 Å². The fourth-order valence-electron chi connectivity index (χ4n) is 3.60. The minimum Gasteiger partial charge on any atom is -0.494 e. The topological polar surface area (TPSA) is 105 Å². The first-order chi connectivity index (χ1) is 15.4. The number of piperazine rings is 1. The van der Waals surface area contributed by atoms with Crippen LogP contribution in [-0.4, -0.2) is 72.8 Å². The smallest absolute Gasteiger partial charge is 0.211 e. The lowest BCUT2D eigenvalue weighted by Crippen LogP contribution is -2.44. The number of rotatable bonds is 10. The maximum atomic E-state index is 5.93. The summed E-state index contributed by atoms with van der Waals surface area (Å²) in [5, 5.41) is 8.73. The van der Waals surface area contributed by atoms with Crippen LogP contribution < -0.4 is 16.2 Å². The Morgan fingerprint density at radius 3 is 2.47 bits per heavy atom. The van der Waals surface area contributed by atoms with Crippen molar-refractivity contribution in [2.45, 2.75) is 33.1 Å². The molecular weight excluding hydrogens is 422 g/mol. The molecule has 0 saturated carbocycles. The molecule has 1 aliphatic rings. The molecule has 0 spiro atoms. The van der Waals surface area contributed by atoms with E-state index in [9.17, 15) is 0 Å². The molecule has 0 radical (unpaired) electrons. The number of nitrogens with two attached hydrogens (primary N) is 2. The van der Waals surface area contributed by atoms with Gasteiger partial charge in [0, 0.05) is 31.7 Å². The Labute approximate surface area is 195 Å². The molecule has 3 rings (SSSR count). The summed E-state index contributed by atoms with van der Waals surface area (Å²) < 4.78 is 5.93. The molecule has 1 aromatic heterocycles. The zero-order valence-corrected chi connectivity index (χ0v) is 20.2. The highest BCUT2D eigenvalue weighted by molar-refractivity contribution is 7.17. The van der Waals surface area contributed by atoms with Gasteiger partial charge >= 0.3 is 0 Å². The molecule has 1 aromatic carbocycles. The van der Waals surface area contributed by atoms with E-state index in [-0.39, 0.29) is 5.96 Å². The highest BCUT2D eigenvalue weighted by Gasteiger charge is 2.13. The number of hydrogen-bond acceptors (Lipinski definition) is 7. The van der Waals surface area contributed by atoms with Crippen molar-refractivity contribution in [2.75, 3.05) is 46.4 Å². The first-order valence-electron chi connectivity index (χ1n) is 11.2. The van der Waals surface area contributed by atoms with E-state index in [2.05, 4.69) is 32.0 Å². The van der Waals surface area contributed by atoms with Crippen LogP contribution in [0.1, 0.15) is 36.8 Å². The predicted molar refractivity (Wildman–Crippen MR) is 134 cm³/mol. The van der Waals surface area contributed by atoms with Crippen molar-refractivity contribution in [3.05, 3.63) is 34.8 Å². The number of ether oxygens (including phenoxy) is 1. The van der Waals surface area contributed by atoms with Crippen LogP contribution in [0.5, 0.6) is 5.75 Å². The van der Waals surface area contributed by atoms with Crippen LogP contribution in [0, 0.1) is 6.92 Å². The van der Waals surface area contributed by atoms with E-state index in [1.165, 1.54) is 45.6 Å². The molecule has 1 aliphatic heterocycles. The first-order valence-corrected chi connectivity index (χ1v) is 12.0. The number of unbranched alkanes of at least 4 members (excludes halogenated alkanes) is 2. The Morgan fingerprint density at radius 2 is 1.78 bits per heavy atom. The number of nitrogens with zero attached hydrogens (tertiary/aromatic N) is 5. The molecule has 32 heavy (non-hydrogen) atoms. The fourth-order valence-corrected chi connectivity index (χ4v) is 4.61. The molecule has 0 atom stereocenters. The van der Waals surface area contributed by atoms with E-state index in [4.69, 9.17) is 16.2 Å². The predicted octanol–water partition coefficient (Wildman–Crippen LogP) is 2.91. The summed E-state index contributed by atoms with van der Waals surface area (Å²) in [5.41, 5.74) is 13.4. The first kappa shape index (κ1) is 24.2. The van der Waals surface area contributed by atoms with Crippen LogP contribution in [0.15, 0.2) is 34.5 Å². The average molecular weight is 458 g/mol. The molecule has 1 fully saturated rings. The minimum absolute atomic E-state index is 0.0580. The van der Waals surface area contributed by atoms with Gasteiger partial charge in [-0.3, -0.25) is 0 Å². The number of aromatic nitrogens is 1. The fraction of sp³-hybridized carbons (Fsp3) is 0.522. The lowest BCUT2D eigenvalue weighted by atomic mass is 10.2. The summed E-state index contributed by atoms with van der Waals surface area (Å²) in [6.45, 7) is 10.6. The Kier molecular flexibility index (Phi) is 9.01. The molecule has 2 heterocycles. The lowest BCUT2D eigenvalue weighted by molar-refractivity contribution is 0.151. The maximum Gasteiger partial charge on any atom is 0.211 e. The monoisotopic (exact) mass is 457 g/mol. The van der Waals surface area contributed by atoms with E-state index < -0.39 is 0 Å². The standard InChI is InChI=1S/C23H35N7OS/c1-17-21(18(2)27-28-23(24)25)32-22(26-17)19-7-9-20(10-8-19)31-16-6-4-5-11-30-14-12-29(3)13-15-30/h7-10H,4-6,11-16H2,1-3H3,(H4,24,25,28)/b27-18+. The SMILES string of the molecule is C/C(=N\N=C(N)N)c1sc(-c2ccc(OCCCCCN3CCN(C)CC3)cc2)nc1C. The molecule has 8 nitrogen and oxygen atoms in total. The second kappa shape index (κ2) is 11.9. The number of hydrogen-bond donors (Lipinski definition) is 2. The lowest BCUT2D eigenvalue weighted by Gasteiger charge is -2.32. The molecule has 0 unspecified atom stereocenters. The Morgan fingerprint density at radius 1 is 1.06 bits per heavy atom. The summed E-state index contributed by atoms with van der Waals surface area (Å²) in [7, 11) is 2.20. The van der Waals surface area contributed by atoms with Crippen molar-refractivity contribution in [1.82, 2.24) is 14.8 Å². The van der Waals surface area contributed by atoms with Crippen LogP contribution in [-0.2, 0) is 0 Å². The molecule has 1 saturated heterocycles. The quantitative estimate of drug-likeness (QED) is 0.246. The van der Waals surface area contributed by atoms with Gasteiger partial charge in [0.25, 0.3) is 0 Å². The minimum atomic E-state index is -0.0580. The summed E-state index contributed by atoms with van der Waals surface area (Å²) in [4.78, 5) is 10.6. The van der Waals surface area contributed by atoms with Gasteiger partial charge in [0.1, 0.15) is 10.8 Å². The van der Waals surface area contributed by atoms with Gasteiger partial charge in [-0.15, -0.1) is 16.4 Å². The van der Waals surface area contributed by atoms with Gasteiger partial charge in [0.05, 0.1) is 22.9 Å². The number of likely N-dealkylation sites (N-methyl/N-ethyl adjacent to an activating group) is 1. The summed E-state index contributed by atoms with van der Waals surface area (Å²) >= 11 is 1.58. The third-order valence-corrected chi connectivity index (χ3v) is 6.84. The van der Waals surface area contributed by atoms with Crippen LogP contribution in [0.2, 0.25) is 0 Å². The maximum absolute atomic E-state index is 5.93. The average Bonchev–Trinajstić information content (AvgIpc) is 3.17. The third kappa shape index (κ3) is 7.29. The zero-order valence-electron chi connectivity index (χ0n) is 19.4. The van der Waals surface area contributed by atoms with Gasteiger partial charge in [-0.2, -0.15) is 5.10 Å². The highest BCUT2D eigenvalue weighted by Crippen LogP contribution is 2.29. The van der Waals surface area contributed by atoms with E-state index in [0.717, 1.165) is 45.6 Å². The number of guanidine groups is 1. The van der Waals surface area contributed by atoms with Crippen LogP contribution in [0.4, 0.5) is 0 Å². The van der Waals surface area contributed by atoms with Crippen molar-refractivity contribution < 1.29 is 4.74 Å². The van der Waals surface area contributed by atoms with E-state index in [0.29, 0.717) is 0 Å². The second-order valence-corrected chi connectivity index (χ2v) is 9.22. The van der Waals surface area contributed by atoms with Crippen molar-refractivity contribution in [3.8, 4) is 16.3 Å². The molecule has 9 heteroatoms. The van der Waals surface area contributed by atoms with Crippen LogP contribution in [0.25, 0.3) is 10.6 Å². The number of benzene rings is 1. The normalized spacial score (nSPS) is 15.7. The zero-order chi connectivity index (χ0) is 22.9. The van der Waals surface area contributed by atoms with Gasteiger partial charge in [-0.25, -0.2) is 4.98 Å². The molecule has 2 aromatic rings. The molecule has 174 valence electrons. The Balaban J connectivity index is 1.43. The Bertz CT molecular complexity index is 911. The largest absolute Gasteiger partial charge is 0.494 e. The summed E-state index contributed by atoms with van der Waals surface area (Å²) in [6, 6.07) is 8.12. The van der Waals surface area contributed by atoms with Gasteiger partial charge in [0.2, 0.25) is 5.96 Å². The van der Waals surface area contributed by atoms with Crippen molar-refractivity contribution in [1.29, 1.82) is 0 Å². The third-order valence-electron chi connectivity index (χ3n) is 5.53. The van der Waals surface area contributed by atoms with E-state index in [1.54, 1.807) is 11.3 Å². The van der Waals surface area contributed by atoms with Gasteiger partial charge in [-0.05, 0) is 71.0 Å². The molecule has 0 bridgehead atoms. The van der Waals surface area contributed by atoms with E-state index >= 15 is 0 Å². The number of aryl methyl sites for hydroxylation is 1. The molecule has 0 amide bonds. The van der Waals surface area contributed by atoms with Gasteiger partial charge < -0.3 is 26.0 Å². The van der Waals surface area contributed by atoms with Crippen molar-refractivity contribution in [2.24, 2.45) is 21.7 Å². The van der Waals surface area contributed by atoms with Gasteiger partial charge in [-0.1, -0.05) is 0 Å². The number of thiazole rings is 1. The Hall–Kier alpha value is -2.49. The van der Waals surface area contributed by atoms with Gasteiger partial charge in [0.15, 0.2) is 0 Å². The van der Waals surface area contributed by atoms with Crippen molar-refractivity contribution >= 4 is 23.0 Å².